The third-order valence-corrected chi connectivity index (χ3v) is 1.74. The van der Waals surface area contributed by atoms with Crippen LogP contribution in [0.25, 0.3) is 0 Å². The highest BCUT2D eigenvalue weighted by atomic mass is 35.5. The van der Waals surface area contributed by atoms with E-state index in [1.54, 1.807) is 0 Å². The van der Waals surface area contributed by atoms with Gasteiger partial charge in [0.15, 0.2) is 0 Å². The number of rotatable bonds is 2. The smallest absolute Gasteiger partial charge is 0.0305 e. The predicted octanol–water partition coefficient (Wildman–Crippen LogP) is 4.05. The molecule has 0 N–H and O–H groups in total. The predicted molar refractivity (Wildman–Crippen MR) is 51.2 cm³/mol. The molecule has 2 unspecified atom stereocenters. The zero-order valence-corrected chi connectivity index (χ0v) is 8.84. The number of halogens is 2. The summed E-state index contributed by atoms with van der Waals surface area (Å²) in [6, 6.07) is 0. The summed E-state index contributed by atoms with van der Waals surface area (Å²) in [5, 5.41) is 0.713. The Morgan fingerprint density at radius 3 is 1.00 bits per heavy atom. The standard InChI is InChI=1S/2C4H9Cl/c2*1-3-4(2)5/h2*4H,3H2,1-2H3. The van der Waals surface area contributed by atoms with Crippen molar-refractivity contribution in [2.24, 2.45) is 0 Å². The molecule has 0 aromatic rings. The Hall–Kier alpha value is 0.580. The maximum atomic E-state index is 5.46. The van der Waals surface area contributed by atoms with Gasteiger partial charge in [0.2, 0.25) is 0 Å². The molecule has 0 spiro atoms. The van der Waals surface area contributed by atoms with E-state index < -0.39 is 0 Å². The maximum absolute atomic E-state index is 5.46. The fourth-order valence-corrected chi connectivity index (χ4v) is 0. The summed E-state index contributed by atoms with van der Waals surface area (Å²) in [5.74, 6) is 0. The minimum atomic E-state index is 0.356. The third kappa shape index (κ3) is 23.5. The molecule has 2 atom stereocenters. The van der Waals surface area contributed by atoms with Gasteiger partial charge in [-0.15, -0.1) is 23.2 Å². The Morgan fingerprint density at radius 1 is 0.900 bits per heavy atom. The maximum Gasteiger partial charge on any atom is 0.0305 e. The van der Waals surface area contributed by atoms with Gasteiger partial charge < -0.3 is 0 Å². The van der Waals surface area contributed by atoms with Crippen LogP contribution < -0.4 is 0 Å². The summed E-state index contributed by atoms with van der Waals surface area (Å²) < 4.78 is 0. The normalized spacial score (nSPS) is 15.0. The van der Waals surface area contributed by atoms with Crippen molar-refractivity contribution in [2.75, 3.05) is 0 Å². The van der Waals surface area contributed by atoms with E-state index in [9.17, 15) is 0 Å². The zero-order chi connectivity index (χ0) is 8.57. The van der Waals surface area contributed by atoms with Crippen LogP contribution in [0.3, 0.4) is 0 Å². The third-order valence-electron chi connectivity index (χ3n) is 1.13. The molecule has 0 aliphatic rings. The molecule has 64 valence electrons. The van der Waals surface area contributed by atoms with E-state index in [2.05, 4.69) is 13.8 Å². The van der Waals surface area contributed by atoms with Gasteiger partial charge in [-0.1, -0.05) is 13.8 Å². The van der Waals surface area contributed by atoms with E-state index in [4.69, 9.17) is 23.2 Å². The van der Waals surface area contributed by atoms with Crippen LogP contribution in [0.1, 0.15) is 40.5 Å². The van der Waals surface area contributed by atoms with Gasteiger partial charge in [-0.2, -0.15) is 0 Å². The first kappa shape index (κ1) is 13.2. The average molecular weight is 185 g/mol. The molecule has 0 amide bonds. The Balaban J connectivity index is 0. The van der Waals surface area contributed by atoms with E-state index in [1.807, 2.05) is 13.8 Å². The lowest BCUT2D eigenvalue weighted by molar-refractivity contribution is 0.895. The van der Waals surface area contributed by atoms with E-state index in [-0.39, 0.29) is 0 Å². The molecular formula is C8H18Cl2. The van der Waals surface area contributed by atoms with Gasteiger partial charge in [0.25, 0.3) is 0 Å². The van der Waals surface area contributed by atoms with E-state index >= 15 is 0 Å². The Kier molecular flexibility index (Phi) is 12.6. The topological polar surface area (TPSA) is 0 Å². The van der Waals surface area contributed by atoms with Crippen LogP contribution in [-0.2, 0) is 0 Å². The van der Waals surface area contributed by atoms with Crippen molar-refractivity contribution in [3.05, 3.63) is 0 Å². The molecule has 0 aromatic heterocycles. The second-order valence-corrected chi connectivity index (χ2v) is 3.87. The minimum absolute atomic E-state index is 0.356. The minimum Gasteiger partial charge on any atom is -0.123 e. The molecule has 0 heterocycles. The second-order valence-electron chi connectivity index (χ2n) is 2.38. The lowest BCUT2D eigenvalue weighted by Crippen LogP contribution is -1.81. The van der Waals surface area contributed by atoms with Gasteiger partial charge >= 0.3 is 0 Å². The van der Waals surface area contributed by atoms with E-state index in [0.29, 0.717) is 10.8 Å². The van der Waals surface area contributed by atoms with Crippen LogP contribution in [0, 0.1) is 0 Å². The quantitative estimate of drug-likeness (QED) is 0.569. The van der Waals surface area contributed by atoms with Crippen LogP contribution in [-0.4, -0.2) is 10.8 Å². The number of hydrogen-bond donors (Lipinski definition) is 0. The van der Waals surface area contributed by atoms with Crippen LogP contribution in [0.4, 0.5) is 0 Å². The van der Waals surface area contributed by atoms with Gasteiger partial charge in [-0.25, -0.2) is 0 Å². The van der Waals surface area contributed by atoms with Crippen molar-refractivity contribution in [1.29, 1.82) is 0 Å². The fourth-order valence-electron chi connectivity index (χ4n) is 0. The molecule has 0 rings (SSSR count). The largest absolute Gasteiger partial charge is 0.123 e. The van der Waals surface area contributed by atoms with Gasteiger partial charge in [0, 0.05) is 10.8 Å². The highest BCUT2D eigenvalue weighted by molar-refractivity contribution is 6.20. The molecule has 0 nitrogen and oxygen atoms in total. The molecule has 0 fully saturated rings. The molecule has 0 bridgehead atoms. The first-order chi connectivity index (χ1) is 4.54. The highest BCUT2D eigenvalue weighted by Crippen LogP contribution is 1.95. The van der Waals surface area contributed by atoms with Gasteiger partial charge in [-0.05, 0) is 26.7 Å². The highest BCUT2D eigenvalue weighted by Gasteiger charge is 1.83. The number of alkyl halides is 2. The lowest BCUT2D eigenvalue weighted by atomic mass is 10.4. The number of hydrogen-bond acceptors (Lipinski definition) is 0. The van der Waals surface area contributed by atoms with E-state index in [0.717, 1.165) is 12.8 Å². The lowest BCUT2D eigenvalue weighted by Gasteiger charge is -1.87. The van der Waals surface area contributed by atoms with Crippen molar-refractivity contribution in [2.45, 2.75) is 51.3 Å². The van der Waals surface area contributed by atoms with Gasteiger partial charge in [0.1, 0.15) is 0 Å². The monoisotopic (exact) mass is 184 g/mol. The van der Waals surface area contributed by atoms with Crippen molar-refractivity contribution in [1.82, 2.24) is 0 Å². The molecular weight excluding hydrogens is 167 g/mol. The van der Waals surface area contributed by atoms with Crippen LogP contribution in [0.2, 0.25) is 0 Å². The molecule has 2 heteroatoms. The van der Waals surface area contributed by atoms with Gasteiger partial charge in [0.05, 0.1) is 0 Å². The van der Waals surface area contributed by atoms with Crippen LogP contribution in [0.5, 0.6) is 0 Å². The Labute approximate surface area is 74.9 Å². The zero-order valence-electron chi connectivity index (χ0n) is 7.32. The first-order valence-electron chi connectivity index (χ1n) is 3.82. The summed E-state index contributed by atoms with van der Waals surface area (Å²) in [7, 11) is 0. The van der Waals surface area contributed by atoms with Crippen molar-refractivity contribution >= 4 is 23.2 Å². The van der Waals surface area contributed by atoms with Crippen molar-refractivity contribution in [3.8, 4) is 0 Å². The van der Waals surface area contributed by atoms with Crippen LogP contribution >= 0.6 is 23.2 Å². The van der Waals surface area contributed by atoms with Crippen molar-refractivity contribution in [3.63, 3.8) is 0 Å². The van der Waals surface area contributed by atoms with Gasteiger partial charge in [-0.3, -0.25) is 0 Å². The summed E-state index contributed by atoms with van der Waals surface area (Å²) in [4.78, 5) is 0. The average Bonchev–Trinajstić information content (AvgIpc) is 1.89. The molecule has 0 radical (unpaired) electrons. The second kappa shape index (κ2) is 9.58. The van der Waals surface area contributed by atoms with Crippen LogP contribution in [0.15, 0.2) is 0 Å². The van der Waals surface area contributed by atoms with E-state index in [1.165, 1.54) is 0 Å². The SMILES string of the molecule is CCC(C)Cl.CCC(C)Cl. The summed E-state index contributed by atoms with van der Waals surface area (Å²) in [5.41, 5.74) is 0. The molecule has 0 aliphatic carbocycles. The molecule has 0 saturated carbocycles. The van der Waals surface area contributed by atoms with Crippen molar-refractivity contribution < 1.29 is 0 Å². The molecule has 0 aromatic carbocycles. The summed E-state index contributed by atoms with van der Waals surface area (Å²) in [6.07, 6.45) is 2.14. The summed E-state index contributed by atoms with van der Waals surface area (Å²) in [6.45, 7) is 8.11. The molecule has 0 aliphatic heterocycles. The Bertz CT molecular complexity index is 43.2. The molecule has 10 heavy (non-hydrogen) atoms. The first-order valence-corrected chi connectivity index (χ1v) is 4.69. The fraction of sp³-hybridized carbons (Fsp3) is 1.00. The Morgan fingerprint density at radius 2 is 1.00 bits per heavy atom. The molecule has 0 saturated heterocycles. The summed E-state index contributed by atoms with van der Waals surface area (Å²) >= 11 is 10.9.